The van der Waals surface area contributed by atoms with E-state index < -0.39 is 0 Å². The second kappa shape index (κ2) is 3.82. The average molecular weight is 212 g/mol. The summed E-state index contributed by atoms with van der Waals surface area (Å²) in [5, 5.41) is 0.822. The predicted octanol–water partition coefficient (Wildman–Crippen LogP) is 3.70. The van der Waals surface area contributed by atoms with E-state index in [9.17, 15) is 0 Å². The molecule has 0 amide bonds. The predicted molar refractivity (Wildman–Crippen MR) is 64.5 cm³/mol. The number of hydrogen-bond donors (Lipinski definition) is 0. The summed E-state index contributed by atoms with van der Waals surface area (Å²) in [4.78, 5) is 2.02. The standard InChI is InChI=1S/C12H18ClN/c1-12(2,3)9-6-7-11(14(4)5)10(13)8-9/h6-8H,1-5H3. The highest BCUT2D eigenvalue weighted by Crippen LogP contribution is 2.30. The molecule has 0 spiro atoms. The normalized spacial score (nSPS) is 11.6. The highest BCUT2D eigenvalue weighted by molar-refractivity contribution is 6.33. The van der Waals surface area contributed by atoms with Crippen LogP contribution in [0.25, 0.3) is 0 Å². The van der Waals surface area contributed by atoms with Crippen molar-refractivity contribution in [2.24, 2.45) is 0 Å². The van der Waals surface area contributed by atoms with Crippen LogP contribution in [0.5, 0.6) is 0 Å². The molecule has 0 unspecified atom stereocenters. The maximum absolute atomic E-state index is 6.19. The quantitative estimate of drug-likeness (QED) is 0.685. The van der Waals surface area contributed by atoms with Crippen molar-refractivity contribution in [3.8, 4) is 0 Å². The fourth-order valence-electron chi connectivity index (χ4n) is 1.34. The SMILES string of the molecule is CN(C)c1ccc(C(C)(C)C)cc1Cl. The molecule has 0 aliphatic heterocycles. The largest absolute Gasteiger partial charge is 0.376 e. The Bertz CT molecular complexity index is 324. The molecule has 0 radical (unpaired) electrons. The van der Waals surface area contributed by atoms with Gasteiger partial charge >= 0.3 is 0 Å². The molecule has 1 rings (SSSR count). The Hall–Kier alpha value is -0.690. The first-order chi connectivity index (χ1) is 6.32. The topological polar surface area (TPSA) is 3.24 Å². The van der Waals surface area contributed by atoms with Crippen molar-refractivity contribution >= 4 is 17.3 Å². The Morgan fingerprint density at radius 2 is 1.71 bits per heavy atom. The lowest BCUT2D eigenvalue weighted by Gasteiger charge is -2.22. The maximum Gasteiger partial charge on any atom is 0.0642 e. The summed E-state index contributed by atoms with van der Waals surface area (Å²) in [5.74, 6) is 0. The fourth-order valence-corrected chi connectivity index (χ4v) is 1.69. The monoisotopic (exact) mass is 211 g/mol. The van der Waals surface area contributed by atoms with E-state index in [0.717, 1.165) is 10.7 Å². The van der Waals surface area contributed by atoms with Crippen molar-refractivity contribution in [1.29, 1.82) is 0 Å². The van der Waals surface area contributed by atoms with Crippen LogP contribution in [0.1, 0.15) is 26.3 Å². The summed E-state index contributed by atoms with van der Waals surface area (Å²) in [7, 11) is 4.00. The molecule has 0 saturated heterocycles. The van der Waals surface area contributed by atoms with E-state index in [1.54, 1.807) is 0 Å². The van der Waals surface area contributed by atoms with Crippen molar-refractivity contribution in [1.82, 2.24) is 0 Å². The van der Waals surface area contributed by atoms with Crippen molar-refractivity contribution in [2.75, 3.05) is 19.0 Å². The molecule has 2 heteroatoms. The van der Waals surface area contributed by atoms with Crippen molar-refractivity contribution in [2.45, 2.75) is 26.2 Å². The smallest absolute Gasteiger partial charge is 0.0642 e. The van der Waals surface area contributed by atoms with Gasteiger partial charge in [0.1, 0.15) is 0 Å². The minimum absolute atomic E-state index is 0.161. The molecule has 0 fully saturated rings. The Labute approximate surface area is 91.7 Å². The van der Waals surface area contributed by atoms with Gasteiger partial charge in [0, 0.05) is 14.1 Å². The van der Waals surface area contributed by atoms with Crippen molar-refractivity contribution in [3.63, 3.8) is 0 Å². The summed E-state index contributed by atoms with van der Waals surface area (Å²) in [6.45, 7) is 6.57. The van der Waals surface area contributed by atoms with E-state index >= 15 is 0 Å². The molecule has 1 nitrogen and oxygen atoms in total. The zero-order valence-corrected chi connectivity index (χ0v) is 10.3. The van der Waals surface area contributed by atoms with Gasteiger partial charge in [-0.1, -0.05) is 38.4 Å². The lowest BCUT2D eigenvalue weighted by atomic mass is 9.87. The first-order valence-corrected chi connectivity index (χ1v) is 5.17. The molecular weight excluding hydrogens is 194 g/mol. The van der Waals surface area contributed by atoms with Crippen molar-refractivity contribution < 1.29 is 0 Å². The van der Waals surface area contributed by atoms with Gasteiger partial charge in [0.05, 0.1) is 10.7 Å². The second-order valence-corrected chi connectivity index (χ2v) is 5.22. The molecule has 0 saturated carbocycles. The Morgan fingerprint density at radius 3 is 2.07 bits per heavy atom. The third-order valence-corrected chi connectivity index (χ3v) is 2.60. The molecular formula is C12H18ClN. The molecule has 0 atom stereocenters. The molecule has 0 aliphatic rings. The third kappa shape index (κ3) is 2.42. The van der Waals surface area contributed by atoms with Crippen LogP contribution in [0.15, 0.2) is 18.2 Å². The number of halogens is 1. The van der Waals surface area contributed by atoms with Crippen LogP contribution in [0.4, 0.5) is 5.69 Å². The summed E-state index contributed by atoms with van der Waals surface area (Å²) in [5.41, 5.74) is 2.50. The van der Waals surface area contributed by atoms with Crippen molar-refractivity contribution in [3.05, 3.63) is 28.8 Å². The molecule has 0 bridgehead atoms. The Kier molecular flexibility index (Phi) is 3.10. The van der Waals surface area contributed by atoms with Crippen LogP contribution in [0, 0.1) is 0 Å². The first-order valence-electron chi connectivity index (χ1n) is 4.80. The van der Waals surface area contributed by atoms with Gasteiger partial charge in [0.2, 0.25) is 0 Å². The number of hydrogen-bond acceptors (Lipinski definition) is 1. The van der Waals surface area contributed by atoms with Crippen LogP contribution in [-0.4, -0.2) is 14.1 Å². The second-order valence-electron chi connectivity index (χ2n) is 4.81. The molecule has 1 aromatic carbocycles. The van der Waals surface area contributed by atoms with Crippen LogP contribution in [-0.2, 0) is 5.41 Å². The lowest BCUT2D eigenvalue weighted by molar-refractivity contribution is 0.590. The average Bonchev–Trinajstić information content (AvgIpc) is 2.01. The van der Waals surface area contributed by atoms with E-state index in [1.807, 2.05) is 19.0 Å². The van der Waals surface area contributed by atoms with E-state index in [-0.39, 0.29) is 5.41 Å². The Balaban J connectivity index is 3.13. The minimum atomic E-state index is 0.161. The number of benzene rings is 1. The van der Waals surface area contributed by atoms with E-state index in [4.69, 9.17) is 11.6 Å². The van der Waals surface area contributed by atoms with Gasteiger partial charge < -0.3 is 4.90 Å². The number of anilines is 1. The van der Waals surface area contributed by atoms with Gasteiger partial charge in [-0.15, -0.1) is 0 Å². The molecule has 78 valence electrons. The third-order valence-electron chi connectivity index (χ3n) is 2.30. The molecule has 0 N–H and O–H groups in total. The molecule has 0 heterocycles. The first kappa shape index (κ1) is 11.4. The van der Waals surface area contributed by atoms with E-state index in [0.29, 0.717) is 0 Å². The van der Waals surface area contributed by atoms with Crippen LogP contribution in [0.2, 0.25) is 5.02 Å². The van der Waals surface area contributed by atoms with Gasteiger partial charge in [-0.05, 0) is 23.1 Å². The number of rotatable bonds is 1. The van der Waals surface area contributed by atoms with Gasteiger partial charge in [-0.25, -0.2) is 0 Å². The van der Waals surface area contributed by atoms with Gasteiger partial charge in [0.15, 0.2) is 0 Å². The summed E-state index contributed by atoms with van der Waals surface area (Å²) in [6.07, 6.45) is 0. The van der Waals surface area contributed by atoms with Crippen LogP contribution >= 0.6 is 11.6 Å². The Morgan fingerprint density at radius 1 is 1.14 bits per heavy atom. The zero-order chi connectivity index (χ0) is 10.9. The molecule has 0 aliphatic carbocycles. The van der Waals surface area contributed by atoms with Gasteiger partial charge in [-0.2, -0.15) is 0 Å². The summed E-state index contributed by atoms with van der Waals surface area (Å²) in [6, 6.07) is 6.26. The lowest BCUT2D eigenvalue weighted by Crippen LogP contribution is -2.13. The summed E-state index contributed by atoms with van der Waals surface area (Å²) < 4.78 is 0. The molecule has 14 heavy (non-hydrogen) atoms. The minimum Gasteiger partial charge on any atom is -0.376 e. The highest BCUT2D eigenvalue weighted by Gasteiger charge is 2.15. The maximum atomic E-state index is 6.19. The molecule has 1 aromatic rings. The highest BCUT2D eigenvalue weighted by atomic mass is 35.5. The van der Waals surface area contributed by atoms with Crippen LogP contribution in [0.3, 0.4) is 0 Å². The van der Waals surface area contributed by atoms with Gasteiger partial charge in [-0.3, -0.25) is 0 Å². The van der Waals surface area contributed by atoms with Gasteiger partial charge in [0.25, 0.3) is 0 Å². The molecule has 0 aromatic heterocycles. The fraction of sp³-hybridized carbons (Fsp3) is 0.500. The van der Waals surface area contributed by atoms with Crippen LogP contribution < -0.4 is 4.90 Å². The van der Waals surface area contributed by atoms with E-state index in [1.165, 1.54) is 5.56 Å². The number of nitrogens with zero attached hydrogens (tertiary/aromatic N) is 1. The zero-order valence-electron chi connectivity index (χ0n) is 9.56. The summed E-state index contributed by atoms with van der Waals surface area (Å²) >= 11 is 6.19. The van der Waals surface area contributed by atoms with E-state index in [2.05, 4.69) is 39.0 Å².